The van der Waals surface area contributed by atoms with Gasteiger partial charge in [0.25, 0.3) is 0 Å². The Labute approximate surface area is 128 Å². The van der Waals surface area contributed by atoms with E-state index in [1.54, 1.807) is 0 Å². The predicted octanol–water partition coefficient (Wildman–Crippen LogP) is 3.16. The molecular formula is C18H26N2O. The normalized spacial score (nSPS) is 18.5. The van der Waals surface area contributed by atoms with Crippen LogP contribution in [-0.4, -0.2) is 26.0 Å². The summed E-state index contributed by atoms with van der Waals surface area (Å²) >= 11 is 0. The molecule has 1 N–H and O–H groups in total. The first kappa shape index (κ1) is 15.6. The molecular weight excluding hydrogens is 260 g/mol. The van der Waals surface area contributed by atoms with Crippen molar-refractivity contribution < 1.29 is 4.79 Å². The van der Waals surface area contributed by atoms with E-state index < -0.39 is 0 Å². The number of anilines is 1. The molecule has 114 valence electrons. The van der Waals surface area contributed by atoms with E-state index in [2.05, 4.69) is 53.6 Å². The fourth-order valence-corrected chi connectivity index (χ4v) is 2.77. The highest BCUT2D eigenvalue weighted by atomic mass is 16.1. The van der Waals surface area contributed by atoms with Crippen LogP contribution in [0.2, 0.25) is 0 Å². The molecule has 0 fully saturated rings. The molecule has 1 aliphatic rings. The number of hydrogen-bond acceptors (Lipinski definition) is 2. The number of carbonyl (C=O) groups is 1. The van der Waals surface area contributed by atoms with Gasteiger partial charge in [-0.3, -0.25) is 4.79 Å². The first-order valence-corrected chi connectivity index (χ1v) is 7.77. The van der Waals surface area contributed by atoms with Gasteiger partial charge in [0.05, 0.1) is 0 Å². The molecule has 1 amide bonds. The third-order valence-electron chi connectivity index (χ3n) is 3.96. The lowest BCUT2D eigenvalue weighted by atomic mass is 10.0. The molecule has 1 aromatic carbocycles. The highest BCUT2D eigenvalue weighted by Crippen LogP contribution is 2.20. The molecule has 0 heterocycles. The van der Waals surface area contributed by atoms with Crippen LogP contribution in [0.1, 0.15) is 31.7 Å². The summed E-state index contributed by atoms with van der Waals surface area (Å²) in [6.45, 7) is 2.07. The number of nitrogens with zero attached hydrogens (tertiary/aromatic N) is 1. The molecule has 21 heavy (non-hydrogen) atoms. The Kier molecular flexibility index (Phi) is 5.43. The predicted molar refractivity (Wildman–Crippen MR) is 88.6 cm³/mol. The van der Waals surface area contributed by atoms with Gasteiger partial charge in [-0.25, -0.2) is 0 Å². The van der Waals surface area contributed by atoms with Crippen LogP contribution in [0.3, 0.4) is 0 Å². The molecule has 0 saturated heterocycles. The molecule has 0 aliphatic heterocycles. The van der Waals surface area contributed by atoms with Crippen molar-refractivity contribution in [3.63, 3.8) is 0 Å². The van der Waals surface area contributed by atoms with Crippen LogP contribution in [0.5, 0.6) is 0 Å². The molecule has 0 spiro atoms. The number of hydrogen-bond donors (Lipinski definition) is 1. The van der Waals surface area contributed by atoms with Crippen LogP contribution in [0.15, 0.2) is 36.4 Å². The van der Waals surface area contributed by atoms with Crippen molar-refractivity contribution in [1.29, 1.82) is 0 Å². The zero-order chi connectivity index (χ0) is 15.2. The Morgan fingerprint density at radius 2 is 2.05 bits per heavy atom. The molecule has 1 aromatic rings. The highest BCUT2D eigenvalue weighted by molar-refractivity contribution is 5.76. The summed E-state index contributed by atoms with van der Waals surface area (Å²) in [5.74, 6) is 0.612. The maximum absolute atomic E-state index is 12.0. The summed E-state index contributed by atoms with van der Waals surface area (Å²) < 4.78 is 0. The summed E-state index contributed by atoms with van der Waals surface area (Å²) in [7, 11) is 4.07. The molecule has 1 aliphatic carbocycles. The minimum Gasteiger partial charge on any atom is -0.378 e. The lowest BCUT2D eigenvalue weighted by molar-refractivity contribution is -0.122. The third kappa shape index (κ3) is 4.92. The molecule has 3 heteroatoms. The zero-order valence-corrected chi connectivity index (χ0v) is 13.3. The summed E-state index contributed by atoms with van der Waals surface area (Å²) in [5, 5.41) is 3.11. The Morgan fingerprint density at radius 1 is 1.33 bits per heavy atom. The molecule has 0 bridgehead atoms. The average Bonchev–Trinajstić information content (AvgIpc) is 2.91. The molecule has 2 unspecified atom stereocenters. The number of rotatable bonds is 6. The van der Waals surface area contributed by atoms with Gasteiger partial charge in [-0.2, -0.15) is 0 Å². The highest BCUT2D eigenvalue weighted by Gasteiger charge is 2.15. The maximum atomic E-state index is 12.0. The lowest BCUT2D eigenvalue weighted by Gasteiger charge is -2.17. The second kappa shape index (κ2) is 7.30. The third-order valence-corrected chi connectivity index (χ3v) is 3.96. The van der Waals surface area contributed by atoms with E-state index in [1.165, 1.54) is 11.3 Å². The van der Waals surface area contributed by atoms with Crippen LogP contribution in [0.4, 0.5) is 5.69 Å². The largest absolute Gasteiger partial charge is 0.378 e. The van der Waals surface area contributed by atoms with Crippen molar-refractivity contribution in [1.82, 2.24) is 5.32 Å². The SMILES string of the molecule is CC(Cc1ccc(N(C)C)cc1)NC(=O)CC1C=CCC1. The van der Waals surface area contributed by atoms with Crippen molar-refractivity contribution in [2.75, 3.05) is 19.0 Å². The van der Waals surface area contributed by atoms with Crippen molar-refractivity contribution in [2.24, 2.45) is 5.92 Å². The van der Waals surface area contributed by atoms with E-state index in [0.29, 0.717) is 12.3 Å². The van der Waals surface area contributed by atoms with Crippen molar-refractivity contribution in [3.8, 4) is 0 Å². The Balaban J connectivity index is 1.79. The van der Waals surface area contributed by atoms with Crippen molar-refractivity contribution in [2.45, 2.75) is 38.6 Å². The topological polar surface area (TPSA) is 32.3 Å². The molecule has 2 atom stereocenters. The lowest BCUT2D eigenvalue weighted by Crippen LogP contribution is -2.34. The number of nitrogens with one attached hydrogen (secondary N) is 1. The van der Waals surface area contributed by atoms with E-state index in [0.717, 1.165) is 19.3 Å². The van der Waals surface area contributed by atoms with Gasteiger partial charge < -0.3 is 10.2 Å². The van der Waals surface area contributed by atoms with E-state index in [4.69, 9.17) is 0 Å². The summed E-state index contributed by atoms with van der Waals surface area (Å²) in [4.78, 5) is 14.1. The Morgan fingerprint density at radius 3 is 2.62 bits per heavy atom. The van der Waals surface area contributed by atoms with Gasteiger partial charge >= 0.3 is 0 Å². The smallest absolute Gasteiger partial charge is 0.220 e. The van der Waals surface area contributed by atoms with Gasteiger partial charge in [0.2, 0.25) is 5.91 Å². The molecule has 0 aromatic heterocycles. The summed E-state index contributed by atoms with van der Waals surface area (Å²) in [6.07, 6.45) is 8.08. The summed E-state index contributed by atoms with van der Waals surface area (Å²) in [6, 6.07) is 8.68. The summed E-state index contributed by atoms with van der Waals surface area (Å²) in [5.41, 5.74) is 2.46. The number of allylic oxidation sites excluding steroid dienone is 2. The zero-order valence-electron chi connectivity index (χ0n) is 13.3. The maximum Gasteiger partial charge on any atom is 0.220 e. The first-order chi connectivity index (χ1) is 10.0. The number of carbonyl (C=O) groups excluding carboxylic acids is 1. The van der Waals surface area contributed by atoms with Crippen LogP contribution >= 0.6 is 0 Å². The quantitative estimate of drug-likeness (QED) is 0.815. The fourth-order valence-electron chi connectivity index (χ4n) is 2.77. The van der Waals surface area contributed by atoms with E-state index in [-0.39, 0.29) is 11.9 Å². The minimum absolute atomic E-state index is 0.170. The fraction of sp³-hybridized carbons (Fsp3) is 0.500. The standard InChI is InChI=1S/C18H26N2O/c1-14(19-18(21)13-15-6-4-5-7-15)12-16-8-10-17(11-9-16)20(2)3/h4,6,8-11,14-15H,5,7,12-13H2,1-3H3,(H,19,21). The van der Waals surface area contributed by atoms with E-state index >= 15 is 0 Å². The Hall–Kier alpha value is -1.77. The van der Waals surface area contributed by atoms with Crippen LogP contribution in [-0.2, 0) is 11.2 Å². The molecule has 2 rings (SSSR count). The number of amides is 1. The first-order valence-electron chi connectivity index (χ1n) is 7.77. The van der Waals surface area contributed by atoms with Gasteiger partial charge in [0.15, 0.2) is 0 Å². The second-order valence-corrected chi connectivity index (χ2v) is 6.20. The van der Waals surface area contributed by atoms with Gasteiger partial charge in [0.1, 0.15) is 0 Å². The van der Waals surface area contributed by atoms with Gasteiger partial charge in [-0.15, -0.1) is 0 Å². The Bertz CT molecular complexity index is 490. The van der Waals surface area contributed by atoms with Crippen LogP contribution in [0.25, 0.3) is 0 Å². The van der Waals surface area contributed by atoms with E-state index in [1.807, 2.05) is 14.1 Å². The van der Waals surface area contributed by atoms with E-state index in [9.17, 15) is 4.79 Å². The monoisotopic (exact) mass is 286 g/mol. The van der Waals surface area contributed by atoms with Crippen LogP contribution < -0.4 is 10.2 Å². The second-order valence-electron chi connectivity index (χ2n) is 6.20. The van der Waals surface area contributed by atoms with Crippen molar-refractivity contribution in [3.05, 3.63) is 42.0 Å². The van der Waals surface area contributed by atoms with Crippen LogP contribution in [0, 0.1) is 5.92 Å². The number of benzene rings is 1. The average molecular weight is 286 g/mol. The van der Waals surface area contributed by atoms with Gasteiger partial charge in [-0.1, -0.05) is 24.3 Å². The van der Waals surface area contributed by atoms with Gasteiger partial charge in [-0.05, 0) is 49.8 Å². The molecule has 3 nitrogen and oxygen atoms in total. The van der Waals surface area contributed by atoms with Gasteiger partial charge in [0, 0.05) is 32.2 Å². The molecule has 0 saturated carbocycles. The molecule has 0 radical (unpaired) electrons. The van der Waals surface area contributed by atoms with Crippen molar-refractivity contribution >= 4 is 11.6 Å². The minimum atomic E-state index is 0.170.